The third-order valence-corrected chi connectivity index (χ3v) is 2.52. The molecule has 0 fully saturated rings. The molecule has 3 heteroatoms. The lowest BCUT2D eigenvalue weighted by Gasteiger charge is -2.28. The van der Waals surface area contributed by atoms with Crippen molar-refractivity contribution in [1.82, 2.24) is 0 Å². The molecule has 0 amide bonds. The van der Waals surface area contributed by atoms with Crippen molar-refractivity contribution >= 4 is 5.97 Å². The number of carbonyl (C=O) groups is 1. The zero-order valence-corrected chi connectivity index (χ0v) is 9.38. The Hall–Kier alpha value is -0.830. The molecule has 0 aliphatic heterocycles. The van der Waals surface area contributed by atoms with E-state index in [2.05, 4.69) is 13.5 Å². The highest BCUT2D eigenvalue weighted by Gasteiger charge is 2.35. The molecule has 2 atom stereocenters. The highest BCUT2D eigenvalue weighted by Crippen LogP contribution is 2.20. The average molecular weight is 199 g/mol. The van der Waals surface area contributed by atoms with Crippen LogP contribution in [0.3, 0.4) is 0 Å². The van der Waals surface area contributed by atoms with Crippen LogP contribution in [0.4, 0.5) is 0 Å². The summed E-state index contributed by atoms with van der Waals surface area (Å²) in [5, 5.41) is 0. The molecule has 0 spiro atoms. The highest BCUT2D eigenvalue weighted by molar-refractivity contribution is 5.80. The largest absolute Gasteiger partial charge is 0.460 e. The van der Waals surface area contributed by atoms with Crippen LogP contribution < -0.4 is 5.73 Å². The summed E-state index contributed by atoms with van der Waals surface area (Å²) in [6.45, 7) is 9.47. The number of hydrogen-bond acceptors (Lipinski definition) is 3. The Morgan fingerprint density at radius 3 is 2.71 bits per heavy atom. The van der Waals surface area contributed by atoms with Gasteiger partial charge in [-0.15, -0.1) is 0 Å². The maximum Gasteiger partial charge on any atom is 0.326 e. The van der Waals surface area contributed by atoms with Crippen LogP contribution in [0.5, 0.6) is 0 Å². The maximum atomic E-state index is 11.5. The summed E-state index contributed by atoms with van der Waals surface area (Å²) in [6.07, 6.45) is 3.48. The summed E-state index contributed by atoms with van der Waals surface area (Å²) < 4.78 is 4.94. The minimum absolute atomic E-state index is 0.129. The summed E-state index contributed by atoms with van der Waals surface area (Å²) in [4.78, 5) is 11.5. The fraction of sp³-hybridized carbons (Fsp3) is 0.727. The Labute approximate surface area is 86.3 Å². The predicted octanol–water partition coefficient (Wildman–Crippen LogP) is 1.87. The number of hydrogen-bond donors (Lipinski definition) is 1. The first-order chi connectivity index (χ1) is 6.46. The molecule has 0 aromatic heterocycles. The van der Waals surface area contributed by atoms with E-state index in [4.69, 9.17) is 10.5 Å². The molecular weight excluding hydrogens is 178 g/mol. The Balaban J connectivity index is 4.27. The molecular formula is C11H21NO2. The molecule has 3 nitrogen and oxygen atoms in total. The van der Waals surface area contributed by atoms with Gasteiger partial charge in [0.1, 0.15) is 12.1 Å². The lowest BCUT2D eigenvalue weighted by molar-refractivity contribution is -0.150. The van der Waals surface area contributed by atoms with Crippen LogP contribution in [0.2, 0.25) is 0 Å². The molecule has 2 unspecified atom stereocenters. The van der Waals surface area contributed by atoms with Gasteiger partial charge in [0.05, 0.1) is 0 Å². The van der Waals surface area contributed by atoms with Gasteiger partial charge in [-0.3, -0.25) is 4.79 Å². The minimum Gasteiger partial charge on any atom is -0.460 e. The van der Waals surface area contributed by atoms with E-state index in [1.807, 2.05) is 6.92 Å². The molecule has 0 heterocycles. The normalized spacial score (nSPS) is 16.9. The van der Waals surface area contributed by atoms with E-state index in [0.717, 1.165) is 12.8 Å². The van der Waals surface area contributed by atoms with Gasteiger partial charge in [0, 0.05) is 0 Å². The average Bonchev–Trinajstić information content (AvgIpc) is 2.14. The molecule has 0 rings (SSSR count). The van der Waals surface area contributed by atoms with E-state index < -0.39 is 5.54 Å². The summed E-state index contributed by atoms with van der Waals surface area (Å²) in [5.41, 5.74) is 5.03. The second kappa shape index (κ2) is 5.81. The molecule has 2 N–H and O–H groups in total. The molecule has 0 aromatic rings. The van der Waals surface area contributed by atoms with E-state index in [9.17, 15) is 4.79 Å². The zero-order valence-electron chi connectivity index (χ0n) is 9.38. The van der Waals surface area contributed by atoms with E-state index in [1.54, 1.807) is 13.0 Å². The quantitative estimate of drug-likeness (QED) is 0.525. The second-order valence-electron chi connectivity index (χ2n) is 3.86. The van der Waals surface area contributed by atoms with Crippen molar-refractivity contribution in [3.05, 3.63) is 12.7 Å². The lowest BCUT2D eigenvalue weighted by atomic mass is 9.85. The Kier molecular flexibility index (Phi) is 5.46. The molecule has 0 radical (unpaired) electrons. The van der Waals surface area contributed by atoms with Crippen molar-refractivity contribution in [1.29, 1.82) is 0 Å². The van der Waals surface area contributed by atoms with E-state index in [1.165, 1.54) is 0 Å². The smallest absolute Gasteiger partial charge is 0.326 e. The van der Waals surface area contributed by atoms with Crippen LogP contribution >= 0.6 is 0 Å². The SMILES string of the molecule is C=CCOC(=O)C(C)(N)C(C)CCC. The Morgan fingerprint density at radius 2 is 2.29 bits per heavy atom. The van der Waals surface area contributed by atoms with Crippen LogP contribution in [0.1, 0.15) is 33.6 Å². The molecule has 14 heavy (non-hydrogen) atoms. The first-order valence-electron chi connectivity index (χ1n) is 5.03. The van der Waals surface area contributed by atoms with Crippen molar-refractivity contribution in [3.63, 3.8) is 0 Å². The van der Waals surface area contributed by atoms with Gasteiger partial charge >= 0.3 is 5.97 Å². The third-order valence-electron chi connectivity index (χ3n) is 2.52. The van der Waals surface area contributed by atoms with Crippen molar-refractivity contribution in [3.8, 4) is 0 Å². The van der Waals surface area contributed by atoms with Gasteiger partial charge in [-0.05, 0) is 19.3 Å². The van der Waals surface area contributed by atoms with Gasteiger partial charge in [-0.2, -0.15) is 0 Å². The van der Waals surface area contributed by atoms with Gasteiger partial charge in [0.15, 0.2) is 0 Å². The zero-order chi connectivity index (χ0) is 11.2. The van der Waals surface area contributed by atoms with Crippen molar-refractivity contribution in [2.24, 2.45) is 11.7 Å². The Bertz CT molecular complexity index is 199. The summed E-state index contributed by atoms with van der Waals surface area (Å²) in [6, 6.07) is 0. The summed E-state index contributed by atoms with van der Waals surface area (Å²) in [5.74, 6) is -0.219. The second-order valence-corrected chi connectivity index (χ2v) is 3.86. The molecule has 0 saturated heterocycles. The first kappa shape index (κ1) is 13.2. The molecule has 0 aliphatic carbocycles. The fourth-order valence-electron chi connectivity index (χ4n) is 1.22. The molecule has 0 bridgehead atoms. The monoisotopic (exact) mass is 199 g/mol. The van der Waals surface area contributed by atoms with Crippen LogP contribution in [0.15, 0.2) is 12.7 Å². The Morgan fingerprint density at radius 1 is 1.71 bits per heavy atom. The summed E-state index contributed by atoms with van der Waals surface area (Å²) >= 11 is 0. The number of rotatable bonds is 6. The van der Waals surface area contributed by atoms with Crippen molar-refractivity contribution < 1.29 is 9.53 Å². The fourth-order valence-corrected chi connectivity index (χ4v) is 1.22. The van der Waals surface area contributed by atoms with E-state index in [0.29, 0.717) is 0 Å². The molecule has 0 saturated carbocycles. The number of nitrogens with two attached hydrogens (primary N) is 1. The van der Waals surface area contributed by atoms with Crippen LogP contribution in [-0.4, -0.2) is 18.1 Å². The number of carbonyl (C=O) groups excluding carboxylic acids is 1. The third kappa shape index (κ3) is 3.50. The standard InChI is InChI=1S/C11H21NO2/c1-5-7-9(3)11(4,12)10(13)14-8-6-2/h6,9H,2,5,7-8,12H2,1,3-4H3. The predicted molar refractivity (Wildman–Crippen MR) is 57.8 cm³/mol. The lowest BCUT2D eigenvalue weighted by Crippen LogP contribution is -2.51. The topological polar surface area (TPSA) is 52.3 Å². The maximum absolute atomic E-state index is 11.5. The van der Waals surface area contributed by atoms with Crippen LogP contribution in [0, 0.1) is 5.92 Å². The van der Waals surface area contributed by atoms with Gasteiger partial charge < -0.3 is 10.5 Å². The number of esters is 1. The van der Waals surface area contributed by atoms with Crippen molar-refractivity contribution in [2.45, 2.75) is 39.2 Å². The molecule has 82 valence electrons. The van der Waals surface area contributed by atoms with Gasteiger partial charge in [0.25, 0.3) is 0 Å². The van der Waals surface area contributed by atoms with Gasteiger partial charge in [-0.25, -0.2) is 0 Å². The van der Waals surface area contributed by atoms with Crippen molar-refractivity contribution in [2.75, 3.05) is 6.61 Å². The van der Waals surface area contributed by atoms with Crippen LogP contribution in [-0.2, 0) is 9.53 Å². The molecule has 0 aliphatic rings. The van der Waals surface area contributed by atoms with Gasteiger partial charge in [-0.1, -0.05) is 32.9 Å². The first-order valence-corrected chi connectivity index (χ1v) is 5.03. The highest BCUT2D eigenvalue weighted by atomic mass is 16.5. The molecule has 0 aromatic carbocycles. The van der Waals surface area contributed by atoms with Crippen LogP contribution in [0.25, 0.3) is 0 Å². The van der Waals surface area contributed by atoms with E-state index in [-0.39, 0.29) is 18.5 Å². The minimum atomic E-state index is -0.890. The number of ether oxygens (including phenoxy) is 1. The van der Waals surface area contributed by atoms with Gasteiger partial charge in [0.2, 0.25) is 0 Å². The van der Waals surface area contributed by atoms with E-state index >= 15 is 0 Å². The summed E-state index contributed by atoms with van der Waals surface area (Å²) in [7, 11) is 0.